The first-order chi connectivity index (χ1) is 19.0. The molecule has 39 heavy (non-hydrogen) atoms. The Balaban J connectivity index is 1.35. The molecule has 0 amide bonds. The van der Waals surface area contributed by atoms with Crippen LogP contribution in [-0.2, 0) is 13.6 Å². The van der Waals surface area contributed by atoms with E-state index in [1.165, 1.54) is 5.69 Å². The maximum Gasteiger partial charge on any atom is 0.278 e. The molecule has 1 fully saturated rings. The van der Waals surface area contributed by atoms with Crippen molar-refractivity contribution < 1.29 is 0 Å². The van der Waals surface area contributed by atoms with Crippen LogP contribution in [0.15, 0.2) is 78.5 Å². The Morgan fingerprint density at radius 2 is 1.79 bits per heavy atom. The van der Waals surface area contributed by atoms with Crippen molar-refractivity contribution in [3.8, 4) is 17.1 Å². The molecule has 11 nitrogen and oxygen atoms in total. The van der Waals surface area contributed by atoms with Crippen LogP contribution >= 0.6 is 0 Å². The van der Waals surface area contributed by atoms with Crippen LogP contribution in [0.4, 0.5) is 17.3 Å². The maximum absolute atomic E-state index is 13.3. The minimum Gasteiger partial charge on any atom is -0.369 e. The number of benzene rings is 1. The minimum absolute atomic E-state index is 0.207. The number of nitrogens with one attached hydrogen (secondary N) is 1. The largest absolute Gasteiger partial charge is 0.369 e. The van der Waals surface area contributed by atoms with Crippen molar-refractivity contribution in [2.24, 2.45) is 7.05 Å². The van der Waals surface area contributed by atoms with Crippen LogP contribution in [0.1, 0.15) is 0 Å². The molecular weight excluding hydrogens is 492 g/mol. The maximum atomic E-state index is 13.3. The van der Waals surface area contributed by atoms with Crippen molar-refractivity contribution in [2.75, 3.05) is 43.4 Å². The van der Waals surface area contributed by atoms with E-state index in [1.807, 2.05) is 43.6 Å². The third kappa shape index (κ3) is 4.79. The molecule has 1 saturated heterocycles. The molecule has 0 bridgehead atoms. The molecule has 0 radical (unpaired) electrons. The number of hydrogen-bond acceptors (Lipinski definition) is 8. The normalized spacial score (nSPS) is 14.2. The SMILES string of the molecule is C=CCn1c(=O)c2cnc(Nc3ccc(N4CCN(C)CC4)cc3)nc2n1-c1cccc(-c2cnn(C)c2)n1. The zero-order valence-electron chi connectivity index (χ0n) is 22.0. The molecule has 0 spiro atoms. The van der Waals surface area contributed by atoms with Crippen LogP contribution in [0.5, 0.6) is 0 Å². The van der Waals surface area contributed by atoms with Crippen LogP contribution in [0.2, 0.25) is 0 Å². The first-order valence-corrected chi connectivity index (χ1v) is 12.9. The topological polar surface area (TPSA) is 102 Å². The average molecular weight is 523 g/mol. The first-order valence-electron chi connectivity index (χ1n) is 12.9. The zero-order valence-corrected chi connectivity index (χ0v) is 22.0. The number of likely N-dealkylation sites (N-methyl/N-ethyl adjacent to an activating group) is 1. The second-order valence-corrected chi connectivity index (χ2v) is 9.66. The van der Waals surface area contributed by atoms with Gasteiger partial charge in [0.25, 0.3) is 5.56 Å². The molecule has 1 aliphatic rings. The van der Waals surface area contributed by atoms with Gasteiger partial charge in [0.1, 0.15) is 5.39 Å². The number of nitrogens with zero attached hydrogens (tertiary/aromatic N) is 9. The molecular formula is C28H30N10O. The van der Waals surface area contributed by atoms with Crippen LogP contribution in [-0.4, -0.2) is 72.2 Å². The van der Waals surface area contributed by atoms with E-state index in [-0.39, 0.29) is 5.56 Å². The molecule has 0 saturated carbocycles. The Morgan fingerprint density at radius 3 is 2.51 bits per heavy atom. The molecule has 4 aromatic heterocycles. The summed E-state index contributed by atoms with van der Waals surface area (Å²) in [5, 5.41) is 7.94. The highest BCUT2D eigenvalue weighted by atomic mass is 16.1. The Morgan fingerprint density at radius 1 is 1.00 bits per heavy atom. The lowest BCUT2D eigenvalue weighted by atomic mass is 10.2. The number of fused-ring (bicyclic) bond motifs is 1. The molecule has 1 N–H and O–H groups in total. The fourth-order valence-electron chi connectivity index (χ4n) is 4.81. The lowest BCUT2D eigenvalue weighted by molar-refractivity contribution is 0.313. The summed E-state index contributed by atoms with van der Waals surface area (Å²) in [7, 11) is 4.01. The van der Waals surface area contributed by atoms with Gasteiger partial charge in [-0.2, -0.15) is 10.1 Å². The van der Waals surface area contributed by atoms with Gasteiger partial charge in [0, 0.05) is 62.6 Å². The third-order valence-electron chi connectivity index (χ3n) is 6.92. The Labute approximate surface area is 225 Å². The monoisotopic (exact) mass is 522 g/mol. The third-order valence-corrected chi connectivity index (χ3v) is 6.92. The summed E-state index contributed by atoms with van der Waals surface area (Å²) in [4.78, 5) is 32.0. The summed E-state index contributed by atoms with van der Waals surface area (Å²) in [5.74, 6) is 0.953. The fraction of sp³-hybridized carbons (Fsp3) is 0.250. The molecule has 5 heterocycles. The summed E-state index contributed by atoms with van der Waals surface area (Å²) in [6, 6.07) is 13.9. The van der Waals surface area contributed by atoms with Crippen LogP contribution in [0.3, 0.4) is 0 Å². The summed E-state index contributed by atoms with van der Waals surface area (Å²) in [6.45, 7) is 8.26. The summed E-state index contributed by atoms with van der Waals surface area (Å²) in [5.41, 5.74) is 3.94. The van der Waals surface area contributed by atoms with Crippen molar-refractivity contribution in [3.05, 3.63) is 84.1 Å². The van der Waals surface area contributed by atoms with Gasteiger partial charge in [-0.1, -0.05) is 12.1 Å². The highest BCUT2D eigenvalue weighted by molar-refractivity contribution is 5.77. The average Bonchev–Trinajstić information content (AvgIpc) is 3.51. The van der Waals surface area contributed by atoms with Gasteiger partial charge < -0.3 is 15.1 Å². The van der Waals surface area contributed by atoms with Crippen molar-refractivity contribution >= 4 is 28.4 Å². The van der Waals surface area contributed by atoms with Crippen LogP contribution in [0.25, 0.3) is 28.1 Å². The van der Waals surface area contributed by atoms with E-state index >= 15 is 0 Å². The Hall–Kier alpha value is -4.77. The van der Waals surface area contributed by atoms with E-state index in [0.29, 0.717) is 29.3 Å². The molecule has 1 aromatic carbocycles. The molecule has 6 rings (SSSR count). The second kappa shape index (κ2) is 10.2. The summed E-state index contributed by atoms with van der Waals surface area (Å²) >= 11 is 0. The molecule has 0 aliphatic carbocycles. The van der Waals surface area contributed by atoms with Gasteiger partial charge in [0.2, 0.25) is 5.95 Å². The van der Waals surface area contributed by atoms with Crippen molar-refractivity contribution in [3.63, 3.8) is 0 Å². The predicted molar refractivity (Wildman–Crippen MR) is 153 cm³/mol. The van der Waals surface area contributed by atoms with Crippen LogP contribution in [0, 0.1) is 0 Å². The molecule has 0 atom stereocenters. The lowest BCUT2D eigenvalue weighted by Crippen LogP contribution is -2.44. The number of hydrogen-bond donors (Lipinski definition) is 1. The fourth-order valence-corrected chi connectivity index (χ4v) is 4.81. The van der Waals surface area contributed by atoms with Gasteiger partial charge in [0.05, 0.1) is 18.4 Å². The molecule has 1 aliphatic heterocycles. The number of allylic oxidation sites excluding steroid dienone is 1. The predicted octanol–water partition coefficient (Wildman–Crippen LogP) is 3.06. The zero-order chi connectivity index (χ0) is 26.9. The van der Waals surface area contributed by atoms with Crippen molar-refractivity contribution in [1.82, 2.24) is 39.0 Å². The molecule has 0 unspecified atom stereocenters. The van der Waals surface area contributed by atoms with Gasteiger partial charge in [-0.15, -0.1) is 6.58 Å². The minimum atomic E-state index is -0.207. The quantitative estimate of drug-likeness (QED) is 0.326. The van der Waals surface area contributed by atoms with Gasteiger partial charge in [-0.25, -0.2) is 19.3 Å². The molecule has 5 aromatic rings. The lowest BCUT2D eigenvalue weighted by Gasteiger charge is -2.34. The van der Waals surface area contributed by atoms with Crippen LogP contribution < -0.4 is 15.8 Å². The van der Waals surface area contributed by atoms with E-state index in [1.54, 1.807) is 32.5 Å². The Bertz CT molecular complexity index is 1690. The van der Waals surface area contributed by atoms with E-state index in [4.69, 9.17) is 9.97 Å². The van der Waals surface area contributed by atoms with E-state index in [9.17, 15) is 4.79 Å². The summed E-state index contributed by atoms with van der Waals surface area (Å²) < 4.78 is 5.02. The van der Waals surface area contributed by atoms with Gasteiger partial charge >= 0.3 is 0 Å². The summed E-state index contributed by atoms with van der Waals surface area (Å²) in [6.07, 6.45) is 6.90. The van der Waals surface area contributed by atoms with E-state index in [0.717, 1.165) is 43.1 Å². The smallest absolute Gasteiger partial charge is 0.278 e. The first kappa shape index (κ1) is 24.6. The Kier molecular flexibility index (Phi) is 6.41. The highest BCUT2D eigenvalue weighted by Crippen LogP contribution is 2.23. The van der Waals surface area contributed by atoms with Gasteiger partial charge in [0.15, 0.2) is 11.5 Å². The number of anilines is 3. The van der Waals surface area contributed by atoms with E-state index < -0.39 is 0 Å². The number of aromatic nitrogens is 7. The molecule has 11 heteroatoms. The second-order valence-electron chi connectivity index (χ2n) is 9.66. The molecule has 198 valence electrons. The number of rotatable bonds is 7. The van der Waals surface area contributed by atoms with Gasteiger partial charge in [-0.05, 0) is 43.4 Å². The van der Waals surface area contributed by atoms with Gasteiger partial charge in [-0.3, -0.25) is 9.48 Å². The van der Waals surface area contributed by atoms with Crippen molar-refractivity contribution in [1.29, 1.82) is 0 Å². The number of piperazine rings is 1. The van der Waals surface area contributed by atoms with Crippen molar-refractivity contribution in [2.45, 2.75) is 6.54 Å². The highest BCUT2D eigenvalue weighted by Gasteiger charge is 2.19. The standard InChI is InChI=1S/C28H30N10O/c1-4-12-37-27(39)23-18-29-28(31-21-8-10-22(11-9-21)36-15-13-34(2)14-16-36)33-26(23)38(37)25-7-5-6-24(32-25)20-17-30-35(3)19-20/h4-11,17-19H,1,12-16H2,2-3H3,(H,29,31,33). The number of pyridine rings is 1. The number of aryl methyl sites for hydroxylation is 1. The van der Waals surface area contributed by atoms with E-state index in [2.05, 4.69) is 51.0 Å².